The molecule has 0 saturated carbocycles. The van der Waals surface area contributed by atoms with Crippen molar-refractivity contribution in [3.63, 3.8) is 0 Å². The molecule has 2 fully saturated rings. The van der Waals surface area contributed by atoms with Crippen LogP contribution in [0.1, 0.15) is 36.3 Å². The maximum absolute atomic E-state index is 14.4. The van der Waals surface area contributed by atoms with Crippen molar-refractivity contribution in [3.8, 4) is 0 Å². The molecule has 2 N–H and O–H groups in total. The van der Waals surface area contributed by atoms with Gasteiger partial charge in [0.2, 0.25) is 5.95 Å². The van der Waals surface area contributed by atoms with Crippen LogP contribution in [0.25, 0.3) is 0 Å². The molecule has 1 aromatic carbocycles. The Bertz CT molecular complexity index is 1440. The van der Waals surface area contributed by atoms with Gasteiger partial charge in [-0.2, -0.15) is 14.6 Å². The van der Waals surface area contributed by atoms with Crippen LogP contribution in [0.4, 0.5) is 32.6 Å². The Morgan fingerprint density at radius 2 is 1.86 bits per heavy atom. The lowest BCUT2D eigenvalue weighted by atomic mass is 10.2. The van der Waals surface area contributed by atoms with Crippen LogP contribution in [-0.4, -0.2) is 100 Å². The van der Waals surface area contributed by atoms with Crippen molar-refractivity contribution in [2.45, 2.75) is 33.2 Å². The number of hydrogen-bond acceptors (Lipinski definition) is 10. The van der Waals surface area contributed by atoms with Crippen LogP contribution in [0.2, 0.25) is 5.02 Å². The van der Waals surface area contributed by atoms with Crippen LogP contribution >= 0.6 is 11.6 Å². The molecule has 3 aromatic rings. The third-order valence-electron chi connectivity index (χ3n) is 7.41. The van der Waals surface area contributed by atoms with Gasteiger partial charge in [0.25, 0.3) is 5.91 Å². The molecular weight excluding hydrogens is 565 g/mol. The highest BCUT2D eigenvalue weighted by molar-refractivity contribution is 6.30. The van der Waals surface area contributed by atoms with E-state index in [0.717, 1.165) is 44.6 Å². The zero-order valence-electron chi connectivity index (χ0n) is 23.9. The van der Waals surface area contributed by atoms with Crippen molar-refractivity contribution < 1.29 is 18.7 Å². The number of aryl methyl sites for hydroxylation is 1. The van der Waals surface area contributed by atoms with E-state index in [4.69, 9.17) is 21.3 Å². The second kappa shape index (κ2) is 12.9. The summed E-state index contributed by atoms with van der Waals surface area (Å²) in [4.78, 5) is 40.9. The van der Waals surface area contributed by atoms with Crippen molar-refractivity contribution in [3.05, 3.63) is 52.4 Å². The summed E-state index contributed by atoms with van der Waals surface area (Å²) in [7, 11) is 0. The summed E-state index contributed by atoms with van der Waals surface area (Å²) in [6.07, 6.45) is 0.0942. The number of aromatic nitrogens is 4. The van der Waals surface area contributed by atoms with E-state index in [-0.39, 0.29) is 29.1 Å². The largest absolute Gasteiger partial charge is 0.448 e. The molecule has 0 unspecified atom stereocenters. The van der Waals surface area contributed by atoms with Gasteiger partial charge in [-0.3, -0.25) is 4.79 Å². The normalized spacial score (nSPS) is 17.4. The number of nitrogens with one attached hydrogen (secondary N) is 2. The van der Waals surface area contributed by atoms with E-state index in [0.29, 0.717) is 42.8 Å². The van der Waals surface area contributed by atoms with Crippen LogP contribution in [0.3, 0.4) is 0 Å². The first-order valence-electron chi connectivity index (χ1n) is 14.1. The summed E-state index contributed by atoms with van der Waals surface area (Å²) in [6, 6.07) is 7.53. The number of rotatable bonds is 8. The summed E-state index contributed by atoms with van der Waals surface area (Å²) < 4.78 is 20.7. The van der Waals surface area contributed by atoms with Gasteiger partial charge in [-0.1, -0.05) is 18.5 Å². The first-order valence-corrected chi connectivity index (χ1v) is 14.5. The van der Waals surface area contributed by atoms with Crippen LogP contribution in [-0.2, 0) is 4.74 Å². The topological polar surface area (TPSA) is 121 Å². The molecule has 2 aromatic heterocycles. The van der Waals surface area contributed by atoms with E-state index < -0.39 is 11.9 Å². The molecule has 14 heteroatoms. The average Bonchev–Trinajstić information content (AvgIpc) is 3.59. The SMILES string of the molecule is CCOC(=O)n1nc(Nc2cc(N3CCN(CC)CC3)nc(N[C@H]3CCN(C(=O)c4ccc(Cl)cc4F)C3)n2)cc1C. The van der Waals surface area contributed by atoms with Gasteiger partial charge in [0.05, 0.1) is 12.2 Å². The van der Waals surface area contributed by atoms with E-state index in [1.165, 1.54) is 16.8 Å². The predicted octanol–water partition coefficient (Wildman–Crippen LogP) is 3.99. The summed E-state index contributed by atoms with van der Waals surface area (Å²) in [5.74, 6) is 1.07. The summed E-state index contributed by atoms with van der Waals surface area (Å²) >= 11 is 5.85. The van der Waals surface area contributed by atoms with Gasteiger partial charge in [0, 0.05) is 68.2 Å². The van der Waals surface area contributed by atoms with E-state index in [1.807, 2.05) is 6.07 Å². The Kier molecular flexibility index (Phi) is 9.07. The van der Waals surface area contributed by atoms with E-state index >= 15 is 0 Å². The van der Waals surface area contributed by atoms with Crippen molar-refractivity contribution in [2.75, 3.05) is 68.0 Å². The van der Waals surface area contributed by atoms with Crippen molar-refractivity contribution in [1.29, 1.82) is 0 Å². The lowest BCUT2D eigenvalue weighted by molar-refractivity contribution is 0.0787. The highest BCUT2D eigenvalue weighted by atomic mass is 35.5. The number of piperazine rings is 1. The average molecular weight is 600 g/mol. The number of likely N-dealkylation sites (N-methyl/N-ethyl adjacent to an activating group) is 1. The third-order valence-corrected chi connectivity index (χ3v) is 7.65. The molecule has 224 valence electrons. The predicted molar refractivity (Wildman–Crippen MR) is 158 cm³/mol. The number of benzene rings is 1. The van der Waals surface area contributed by atoms with Crippen LogP contribution in [0.5, 0.6) is 0 Å². The molecule has 0 spiro atoms. The van der Waals surface area contributed by atoms with Gasteiger partial charge in [-0.15, -0.1) is 5.10 Å². The minimum absolute atomic E-state index is 0.00597. The number of likely N-dealkylation sites (tertiary alicyclic amines) is 1. The minimum atomic E-state index is -0.639. The van der Waals surface area contributed by atoms with Crippen LogP contribution < -0.4 is 15.5 Å². The Morgan fingerprint density at radius 1 is 1.07 bits per heavy atom. The number of anilines is 4. The summed E-state index contributed by atoms with van der Waals surface area (Å²) in [5, 5.41) is 11.1. The number of carbonyl (C=O) groups excluding carboxylic acids is 2. The molecule has 5 rings (SSSR count). The number of amides is 1. The minimum Gasteiger partial charge on any atom is -0.448 e. The Balaban J connectivity index is 1.34. The van der Waals surface area contributed by atoms with Crippen LogP contribution in [0.15, 0.2) is 30.3 Å². The van der Waals surface area contributed by atoms with E-state index in [2.05, 4.69) is 37.4 Å². The molecule has 0 aliphatic carbocycles. The zero-order chi connectivity index (χ0) is 29.8. The number of ether oxygens (including phenoxy) is 1. The standard InChI is InChI=1S/C28H35ClFN9O3/c1-4-36-10-12-37(13-11-36)25-16-23(32-24-14-18(3)39(35-24)28(41)42-5-2)33-27(34-25)31-20-8-9-38(17-20)26(40)21-7-6-19(29)15-22(21)30/h6-7,14-16,20H,4-5,8-13,17H2,1-3H3,(H2,31,32,33,34,35)/t20-/m0/s1. The smallest absolute Gasteiger partial charge is 0.434 e. The van der Waals surface area contributed by atoms with Gasteiger partial charge in [0.1, 0.15) is 17.5 Å². The number of halogens is 2. The van der Waals surface area contributed by atoms with Gasteiger partial charge in [0.15, 0.2) is 5.82 Å². The third kappa shape index (κ3) is 6.73. The number of nitrogens with zero attached hydrogens (tertiary/aromatic N) is 7. The molecule has 2 aliphatic heterocycles. The molecule has 0 bridgehead atoms. The quantitative estimate of drug-likeness (QED) is 0.393. The Hall–Kier alpha value is -3.97. The van der Waals surface area contributed by atoms with Crippen molar-refractivity contribution in [2.24, 2.45) is 0 Å². The maximum Gasteiger partial charge on any atom is 0.434 e. The Labute approximate surface area is 248 Å². The molecule has 42 heavy (non-hydrogen) atoms. The maximum atomic E-state index is 14.4. The van der Waals surface area contributed by atoms with E-state index in [1.54, 1.807) is 24.8 Å². The van der Waals surface area contributed by atoms with Crippen LogP contribution in [0, 0.1) is 12.7 Å². The highest BCUT2D eigenvalue weighted by Crippen LogP contribution is 2.25. The fraction of sp³-hybridized carbons (Fsp3) is 0.464. The first kappa shape index (κ1) is 29.5. The molecular formula is C28H35ClFN9O3. The summed E-state index contributed by atoms with van der Waals surface area (Å²) in [6.45, 7) is 11.2. The molecule has 1 amide bonds. The number of carbonyl (C=O) groups is 2. The van der Waals surface area contributed by atoms with Gasteiger partial charge in [-0.25, -0.2) is 9.18 Å². The molecule has 1 atom stereocenters. The lowest BCUT2D eigenvalue weighted by Gasteiger charge is -2.35. The fourth-order valence-electron chi connectivity index (χ4n) is 5.13. The molecule has 2 saturated heterocycles. The monoisotopic (exact) mass is 599 g/mol. The Morgan fingerprint density at radius 3 is 2.57 bits per heavy atom. The molecule has 2 aliphatic rings. The number of hydrogen-bond donors (Lipinski definition) is 2. The molecule has 4 heterocycles. The summed E-state index contributed by atoms with van der Waals surface area (Å²) in [5.41, 5.74) is 0.612. The van der Waals surface area contributed by atoms with Crippen molar-refractivity contribution in [1.82, 2.24) is 29.5 Å². The lowest BCUT2D eigenvalue weighted by Crippen LogP contribution is -2.46. The van der Waals surface area contributed by atoms with Gasteiger partial charge >= 0.3 is 6.09 Å². The fourth-order valence-corrected chi connectivity index (χ4v) is 5.29. The molecule has 0 radical (unpaired) electrons. The van der Waals surface area contributed by atoms with Crippen molar-refractivity contribution >= 4 is 47.0 Å². The van der Waals surface area contributed by atoms with E-state index in [9.17, 15) is 14.0 Å². The second-order valence-corrected chi connectivity index (χ2v) is 10.7. The van der Waals surface area contributed by atoms with Gasteiger partial charge in [-0.05, 0) is 45.0 Å². The van der Waals surface area contributed by atoms with Gasteiger partial charge < -0.3 is 30.1 Å². The highest BCUT2D eigenvalue weighted by Gasteiger charge is 2.29. The second-order valence-electron chi connectivity index (χ2n) is 10.3. The zero-order valence-corrected chi connectivity index (χ0v) is 24.7. The first-order chi connectivity index (χ1) is 20.2. The molecule has 12 nitrogen and oxygen atoms in total.